The monoisotopic (exact) mass is 740 g/mol. The first-order chi connectivity index (χ1) is 28.7. The molecule has 0 saturated carbocycles. The molecule has 0 amide bonds. The number of rotatable bonds is 5. The fraction of sp³-hybridized carbons (Fsp3) is 0. The van der Waals surface area contributed by atoms with Gasteiger partial charge in [-0.25, -0.2) is 15.0 Å². The molecule has 9 aromatic carbocycles. The van der Waals surface area contributed by atoms with Gasteiger partial charge in [0.1, 0.15) is 5.58 Å². The lowest BCUT2D eigenvalue weighted by molar-refractivity contribution is 0.666. The summed E-state index contributed by atoms with van der Waals surface area (Å²) in [5.74, 6) is 1.79. The molecule has 0 unspecified atom stereocenters. The summed E-state index contributed by atoms with van der Waals surface area (Å²) in [5, 5.41) is 8.95. The van der Waals surface area contributed by atoms with E-state index in [-0.39, 0.29) is 0 Å². The Kier molecular flexibility index (Phi) is 7.16. The minimum absolute atomic E-state index is 0.578. The number of fused-ring (bicyclic) bond motifs is 8. The second-order valence-corrected chi connectivity index (χ2v) is 14.8. The molecule has 0 aliphatic carbocycles. The van der Waals surface area contributed by atoms with Gasteiger partial charge >= 0.3 is 0 Å². The van der Waals surface area contributed by atoms with E-state index >= 15 is 0 Å². The summed E-state index contributed by atoms with van der Waals surface area (Å²) in [6.07, 6.45) is 0. The second kappa shape index (κ2) is 12.8. The summed E-state index contributed by atoms with van der Waals surface area (Å²) in [7, 11) is 0. The smallest absolute Gasteiger partial charge is 0.164 e. The van der Waals surface area contributed by atoms with Crippen molar-refractivity contribution in [3.05, 3.63) is 194 Å². The lowest BCUT2D eigenvalue weighted by atomic mass is 10.0. The van der Waals surface area contributed by atoms with E-state index in [4.69, 9.17) is 19.4 Å². The number of para-hydroxylation sites is 2. The van der Waals surface area contributed by atoms with Crippen molar-refractivity contribution in [2.24, 2.45) is 0 Å². The van der Waals surface area contributed by atoms with Crippen molar-refractivity contribution >= 4 is 65.3 Å². The van der Waals surface area contributed by atoms with Crippen molar-refractivity contribution in [3.63, 3.8) is 0 Å². The Balaban J connectivity index is 1.15. The molecule has 0 saturated heterocycles. The predicted octanol–water partition coefficient (Wildman–Crippen LogP) is 13.8. The van der Waals surface area contributed by atoms with Crippen molar-refractivity contribution in [2.45, 2.75) is 0 Å². The minimum atomic E-state index is 0.578. The third kappa shape index (κ3) is 5.07. The molecular formula is C53H32N4O. The van der Waals surface area contributed by atoms with Crippen LogP contribution in [0.1, 0.15) is 0 Å². The average molecular weight is 741 g/mol. The van der Waals surface area contributed by atoms with Crippen LogP contribution in [-0.4, -0.2) is 19.5 Å². The van der Waals surface area contributed by atoms with Crippen LogP contribution in [0.4, 0.5) is 0 Å². The summed E-state index contributed by atoms with van der Waals surface area (Å²) >= 11 is 0. The zero-order valence-electron chi connectivity index (χ0n) is 31.2. The third-order valence-corrected chi connectivity index (χ3v) is 11.4. The summed E-state index contributed by atoms with van der Waals surface area (Å²) in [5.41, 5.74) is 9.72. The lowest BCUT2D eigenvalue weighted by Gasteiger charge is -2.13. The Bertz CT molecular complexity index is 3580. The predicted molar refractivity (Wildman–Crippen MR) is 238 cm³/mol. The third-order valence-electron chi connectivity index (χ3n) is 11.4. The quantitative estimate of drug-likeness (QED) is 0.176. The van der Waals surface area contributed by atoms with Crippen LogP contribution in [0.5, 0.6) is 0 Å². The van der Waals surface area contributed by atoms with Crippen LogP contribution < -0.4 is 0 Å². The maximum absolute atomic E-state index is 6.91. The van der Waals surface area contributed by atoms with Gasteiger partial charge in [-0.3, -0.25) is 0 Å². The topological polar surface area (TPSA) is 56.7 Å². The second-order valence-electron chi connectivity index (χ2n) is 14.8. The number of hydrogen-bond donors (Lipinski definition) is 0. The van der Waals surface area contributed by atoms with Gasteiger partial charge in [-0.2, -0.15) is 0 Å². The standard InChI is InChI=1S/C53H32N4O/c1-2-14-33(15-3-1)35-20-12-21-38(30-35)51-54-52(41-25-13-19-34-16-6-7-22-39(34)41)56-53(55-51)43-28-29-46(50-49(43)42-24-9-11-27-48(42)58-50)57-45-26-10-8-23-40(45)44-31-36-17-4-5-18-37(36)32-47(44)57/h1-32H. The molecule has 12 rings (SSSR count). The number of aromatic nitrogens is 4. The van der Waals surface area contributed by atoms with Crippen molar-refractivity contribution in [2.75, 3.05) is 0 Å². The van der Waals surface area contributed by atoms with Crippen LogP contribution in [-0.2, 0) is 0 Å². The molecule has 5 heteroatoms. The highest BCUT2D eigenvalue weighted by molar-refractivity contribution is 6.18. The van der Waals surface area contributed by atoms with Crippen LogP contribution in [0.2, 0.25) is 0 Å². The lowest BCUT2D eigenvalue weighted by Crippen LogP contribution is -2.02. The maximum Gasteiger partial charge on any atom is 0.164 e. The van der Waals surface area contributed by atoms with Crippen LogP contribution in [0.15, 0.2) is 199 Å². The van der Waals surface area contributed by atoms with Crippen molar-refractivity contribution in [1.82, 2.24) is 19.5 Å². The summed E-state index contributed by atoms with van der Waals surface area (Å²) in [6, 6.07) is 67.9. The molecular weight excluding hydrogens is 709 g/mol. The van der Waals surface area contributed by atoms with E-state index in [0.29, 0.717) is 17.5 Å². The van der Waals surface area contributed by atoms with E-state index in [2.05, 4.69) is 180 Å². The number of nitrogens with zero attached hydrogens (tertiary/aromatic N) is 4. The number of benzene rings is 9. The van der Waals surface area contributed by atoms with E-state index in [1.165, 1.54) is 21.5 Å². The van der Waals surface area contributed by atoms with E-state index < -0.39 is 0 Å². The molecule has 3 heterocycles. The van der Waals surface area contributed by atoms with Gasteiger partial charge in [0, 0.05) is 38.2 Å². The molecule has 270 valence electrons. The van der Waals surface area contributed by atoms with Gasteiger partial charge < -0.3 is 8.98 Å². The largest absolute Gasteiger partial charge is 0.454 e. The molecule has 0 fully saturated rings. The molecule has 0 aliphatic heterocycles. The van der Waals surface area contributed by atoms with Gasteiger partial charge in [-0.05, 0) is 75.1 Å². The van der Waals surface area contributed by atoms with E-state index in [0.717, 1.165) is 77.2 Å². The van der Waals surface area contributed by atoms with Crippen LogP contribution in [0.25, 0.3) is 116 Å². The highest BCUT2D eigenvalue weighted by atomic mass is 16.3. The van der Waals surface area contributed by atoms with E-state index in [9.17, 15) is 0 Å². The zero-order valence-corrected chi connectivity index (χ0v) is 31.2. The number of hydrogen-bond acceptors (Lipinski definition) is 4. The SMILES string of the molecule is c1ccc(-c2cccc(-c3nc(-c4cccc5ccccc45)nc(-c4ccc(-n5c6ccccc6c6cc7ccccc7cc65)c5oc6ccccc6c45)n3)c2)cc1. The van der Waals surface area contributed by atoms with Gasteiger partial charge in [-0.1, -0.05) is 152 Å². The zero-order chi connectivity index (χ0) is 38.2. The Hall–Kier alpha value is -7.89. The Morgan fingerprint density at radius 2 is 0.983 bits per heavy atom. The normalized spacial score (nSPS) is 11.8. The fourth-order valence-electron chi connectivity index (χ4n) is 8.73. The number of furan rings is 1. The van der Waals surface area contributed by atoms with Crippen molar-refractivity contribution in [3.8, 4) is 51.0 Å². The van der Waals surface area contributed by atoms with Crippen molar-refractivity contribution in [1.29, 1.82) is 0 Å². The Morgan fingerprint density at radius 1 is 0.362 bits per heavy atom. The molecule has 12 aromatic rings. The molecule has 0 aliphatic rings. The van der Waals surface area contributed by atoms with Crippen molar-refractivity contribution < 1.29 is 4.42 Å². The molecule has 0 N–H and O–H groups in total. The van der Waals surface area contributed by atoms with Gasteiger partial charge in [0.25, 0.3) is 0 Å². The van der Waals surface area contributed by atoms with Gasteiger partial charge in [-0.15, -0.1) is 0 Å². The summed E-state index contributed by atoms with van der Waals surface area (Å²) < 4.78 is 9.26. The van der Waals surface area contributed by atoms with Crippen LogP contribution in [0.3, 0.4) is 0 Å². The highest BCUT2D eigenvalue weighted by Crippen LogP contribution is 2.43. The molecule has 0 spiro atoms. The fourth-order valence-corrected chi connectivity index (χ4v) is 8.73. The molecule has 0 atom stereocenters. The first kappa shape index (κ1) is 32.4. The Morgan fingerprint density at radius 3 is 1.84 bits per heavy atom. The highest BCUT2D eigenvalue weighted by Gasteiger charge is 2.23. The van der Waals surface area contributed by atoms with Gasteiger partial charge in [0.2, 0.25) is 0 Å². The van der Waals surface area contributed by atoms with Gasteiger partial charge in [0.05, 0.1) is 16.7 Å². The summed E-state index contributed by atoms with van der Waals surface area (Å²) in [4.78, 5) is 15.8. The van der Waals surface area contributed by atoms with Crippen LogP contribution >= 0.6 is 0 Å². The average Bonchev–Trinajstić information content (AvgIpc) is 3.84. The molecule has 0 radical (unpaired) electrons. The maximum atomic E-state index is 6.91. The summed E-state index contributed by atoms with van der Waals surface area (Å²) in [6.45, 7) is 0. The molecule has 3 aromatic heterocycles. The molecule has 58 heavy (non-hydrogen) atoms. The van der Waals surface area contributed by atoms with E-state index in [1.54, 1.807) is 0 Å². The first-order valence-corrected chi connectivity index (χ1v) is 19.5. The van der Waals surface area contributed by atoms with Gasteiger partial charge in [0.15, 0.2) is 23.1 Å². The minimum Gasteiger partial charge on any atom is -0.454 e. The molecule has 5 nitrogen and oxygen atoms in total. The first-order valence-electron chi connectivity index (χ1n) is 19.5. The Labute approximate surface area is 333 Å². The van der Waals surface area contributed by atoms with E-state index in [1.807, 2.05) is 18.2 Å². The van der Waals surface area contributed by atoms with Crippen LogP contribution in [0, 0.1) is 0 Å². The molecule has 0 bridgehead atoms.